The van der Waals surface area contributed by atoms with Gasteiger partial charge in [-0.15, -0.1) is 0 Å². The SMILES string of the molecule is O=C(OCc1ccccc1)c1ccccc1CC(C(=O)N[C@@H](Cc1c[nH]c2ccccc12)C(=O)OCc1ccccc1)C(O)C1CCCCC1. The summed E-state index contributed by atoms with van der Waals surface area (Å²) in [5, 5.41) is 15.8. The molecule has 8 heteroatoms. The Kier molecular flexibility index (Phi) is 11.7. The van der Waals surface area contributed by atoms with E-state index in [-0.39, 0.29) is 32.0 Å². The molecule has 1 saturated carbocycles. The van der Waals surface area contributed by atoms with Gasteiger partial charge in [0.05, 0.1) is 17.6 Å². The second kappa shape index (κ2) is 16.9. The molecule has 0 saturated heterocycles. The fourth-order valence-electron chi connectivity index (χ4n) is 6.93. The number of nitrogens with one attached hydrogen (secondary N) is 2. The van der Waals surface area contributed by atoms with E-state index in [2.05, 4.69) is 10.3 Å². The van der Waals surface area contributed by atoms with Gasteiger partial charge in [-0.05, 0) is 59.6 Å². The van der Waals surface area contributed by atoms with Crippen LogP contribution in [0.25, 0.3) is 10.9 Å². The summed E-state index contributed by atoms with van der Waals surface area (Å²) in [5.41, 5.74) is 4.42. The number of benzene rings is 4. The Balaban J connectivity index is 1.25. The van der Waals surface area contributed by atoms with Gasteiger partial charge in [0, 0.05) is 23.5 Å². The van der Waals surface area contributed by atoms with Crippen LogP contribution in [0.3, 0.4) is 0 Å². The lowest BCUT2D eigenvalue weighted by Crippen LogP contribution is -2.50. The second-order valence-electron chi connectivity index (χ2n) is 13.1. The number of ether oxygens (including phenoxy) is 2. The van der Waals surface area contributed by atoms with Gasteiger partial charge in [-0.25, -0.2) is 9.59 Å². The average Bonchev–Trinajstić information content (AvgIpc) is 3.58. The molecule has 1 amide bonds. The number of carbonyl (C=O) groups excluding carboxylic acids is 3. The molecule has 3 atom stereocenters. The van der Waals surface area contributed by atoms with Crippen molar-refractivity contribution in [1.82, 2.24) is 10.3 Å². The predicted molar refractivity (Wildman–Crippen MR) is 192 cm³/mol. The van der Waals surface area contributed by atoms with Gasteiger partial charge in [0.25, 0.3) is 0 Å². The Labute approximate surface area is 292 Å². The van der Waals surface area contributed by atoms with E-state index >= 15 is 0 Å². The van der Waals surface area contributed by atoms with Crippen molar-refractivity contribution in [3.05, 3.63) is 143 Å². The zero-order valence-corrected chi connectivity index (χ0v) is 28.1. The third-order valence-electron chi connectivity index (χ3n) is 9.70. The van der Waals surface area contributed by atoms with Crippen LogP contribution in [0.1, 0.15) is 64.7 Å². The first-order valence-electron chi connectivity index (χ1n) is 17.5. The number of aliphatic hydroxyl groups is 1. The predicted octanol–water partition coefficient (Wildman–Crippen LogP) is 7.10. The Bertz CT molecular complexity index is 1870. The number of aromatic nitrogens is 1. The highest BCUT2D eigenvalue weighted by molar-refractivity contribution is 5.92. The lowest BCUT2D eigenvalue weighted by atomic mass is 9.77. The number of amides is 1. The molecule has 2 unspecified atom stereocenters. The molecule has 6 rings (SSSR count). The molecule has 3 N–H and O–H groups in total. The molecule has 4 aromatic carbocycles. The minimum Gasteiger partial charge on any atom is -0.459 e. The molecule has 0 spiro atoms. The summed E-state index contributed by atoms with van der Waals surface area (Å²) in [7, 11) is 0. The molecule has 5 aromatic rings. The highest BCUT2D eigenvalue weighted by Gasteiger charge is 2.37. The van der Waals surface area contributed by atoms with Crippen molar-refractivity contribution in [2.24, 2.45) is 11.8 Å². The molecule has 1 aliphatic carbocycles. The van der Waals surface area contributed by atoms with Crippen molar-refractivity contribution in [2.75, 3.05) is 0 Å². The van der Waals surface area contributed by atoms with Gasteiger partial charge in [0.15, 0.2) is 0 Å². The van der Waals surface area contributed by atoms with E-state index in [9.17, 15) is 19.5 Å². The number of para-hydroxylation sites is 1. The molecule has 1 fully saturated rings. The molecule has 0 aliphatic heterocycles. The molecular weight excluding hydrogens is 628 g/mol. The van der Waals surface area contributed by atoms with E-state index in [4.69, 9.17) is 9.47 Å². The van der Waals surface area contributed by atoms with Crippen molar-refractivity contribution in [3.63, 3.8) is 0 Å². The summed E-state index contributed by atoms with van der Waals surface area (Å²) in [5.74, 6) is -2.53. The van der Waals surface area contributed by atoms with Gasteiger partial charge < -0.3 is 24.9 Å². The van der Waals surface area contributed by atoms with Crippen LogP contribution in [0.5, 0.6) is 0 Å². The maximum Gasteiger partial charge on any atom is 0.338 e. The van der Waals surface area contributed by atoms with Crippen LogP contribution in [0.2, 0.25) is 0 Å². The summed E-state index contributed by atoms with van der Waals surface area (Å²) in [6.07, 6.45) is 5.83. The average molecular weight is 673 g/mol. The van der Waals surface area contributed by atoms with Gasteiger partial charge >= 0.3 is 11.9 Å². The van der Waals surface area contributed by atoms with Gasteiger partial charge in [0.2, 0.25) is 5.91 Å². The topological polar surface area (TPSA) is 118 Å². The minimum atomic E-state index is -1.02. The Morgan fingerprint density at radius 1 is 0.720 bits per heavy atom. The van der Waals surface area contributed by atoms with E-state index in [0.717, 1.165) is 59.7 Å². The van der Waals surface area contributed by atoms with Crippen LogP contribution >= 0.6 is 0 Å². The molecule has 0 bridgehead atoms. The number of esters is 2. The molecule has 0 radical (unpaired) electrons. The number of aromatic amines is 1. The summed E-state index contributed by atoms with van der Waals surface area (Å²) < 4.78 is 11.4. The Morgan fingerprint density at radius 3 is 2.06 bits per heavy atom. The second-order valence-corrected chi connectivity index (χ2v) is 13.1. The quantitative estimate of drug-likeness (QED) is 0.108. The summed E-state index contributed by atoms with van der Waals surface area (Å²) >= 11 is 0. The molecule has 1 heterocycles. The number of hydrogen-bond acceptors (Lipinski definition) is 6. The van der Waals surface area contributed by atoms with Crippen LogP contribution in [-0.4, -0.2) is 40.1 Å². The standard InChI is InChI=1S/C42H44N2O6/c45-39(31-18-8-3-9-19-31)36(24-32-20-10-11-22-35(32)41(47)49-27-29-14-4-1-5-15-29)40(46)44-38(42(48)50-28-30-16-6-2-7-17-30)25-33-26-43-37-23-13-12-21-34(33)37/h1-2,4-7,10-17,20-23,26,31,36,38-39,43,45H,3,8-9,18-19,24-25,27-28H2,(H,44,46)/t36?,38-,39?/m0/s1. The molecule has 258 valence electrons. The van der Waals surface area contributed by atoms with Crippen LogP contribution in [-0.2, 0) is 45.1 Å². The first-order chi connectivity index (χ1) is 24.5. The first-order valence-corrected chi connectivity index (χ1v) is 17.5. The maximum atomic E-state index is 14.4. The van der Waals surface area contributed by atoms with Gasteiger partial charge in [0.1, 0.15) is 19.3 Å². The van der Waals surface area contributed by atoms with Gasteiger partial charge in [-0.2, -0.15) is 0 Å². The number of rotatable bonds is 14. The summed E-state index contributed by atoms with van der Waals surface area (Å²) in [4.78, 5) is 44.7. The first kappa shape index (κ1) is 34.6. The van der Waals surface area contributed by atoms with Crippen molar-refractivity contribution in [3.8, 4) is 0 Å². The van der Waals surface area contributed by atoms with E-state index in [1.54, 1.807) is 18.2 Å². The zero-order chi connectivity index (χ0) is 34.7. The van der Waals surface area contributed by atoms with Crippen LogP contribution in [0.15, 0.2) is 115 Å². The zero-order valence-electron chi connectivity index (χ0n) is 28.1. The molecule has 8 nitrogen and oxygen atoms in total. The third kappa shape index (κ3) is 8.87. The van der Waals surface area contributed by atoms with E-state index in [1.165, 1.54) is 0 Å². The normalized spacial score (nSPS) is 15.1. The van der Waals surface area contributed by atoms with Crippen molar-refractivity contribution >= 4 is 28.7 Å². The maximum absolute atomic E-state index is 14.4. The lowest BCUT2D eigenvalue weighted by molar-refractivity contribution is -0.150. The van der Waals surface area contributed by atoms with Crippen molar-refractivity contribution < 1.29 is 29.0 Å². The Morgan fingerprint density at radius 2 is 1.34 bits per heavy atom. The molecule has 1 aliphatic rings. The van der Waals surface area contributed by atoms with Crippen LogP contribution < -0.4 is 5.32 Å². The fourth-order valence-corrected chi connectivity index (χ4v) is 6.93. The molecular formula is C42H44N2O6. The molecule has 1 aromatic heterocycles. The van der Waals surface area contributed by atoms with E-state index in [1.807, 2.05) is 97.2 Å². The minimum absolute atomic E-state index is 0.0620. The number of carbonyl (C=O) groups is 3. The van der Waals surface area contributed by atoms with E-state index in [0.29, 0.717) is 11.1 Å². The largest absolute Gasteiger partial charge is 0.459 e. The monoisotopic (exact) mass is 672 g/mol. The van der Waals surface area contributed by atoms with Crippen LogP contribution in [0, 0.1) is 11.8 Å². The third-order valence-corrected chi connectivity index (χ3v) is 9.70. The summed E-state index contributed by atoms with van der Waals surface area (Å²) in [6.45, 7) is 0.176. The number of hydrogen-bond donors (Lipinski definition) is 3. The van der Waals surface area contributed by atoms with Gasteiger partial charge in [-0.3, -0.25) is 4.79 Å². The number of H-pyrrole nitrogens is 1. The highest BCUT2D eigenvalue weighted by Crippen LogP contribution is 2.32. The smallest absolute Gasteiger partial charge is 0.338 e. The van der Waals surface area contributed by atoms with Crippen molar-refractivity contribution in [1.29, 1.82) is 0 Å². The highest BCUT2D eigenvalue weighted by atomic mass is 16.5. The molecule has 50 heavy (non-hydrogen) atoms. The lowest BCUT2D eigenvalue weighted by Gasteiger charge is -2.33. The van der Waals surface area contributed by atoms with Gasteiger partial charge in [-0.1, -0.05) is 116 Å². The Hall–Kier alpha value is -5.21. The fraction of sp³-hybridized carbons (Fsp3) is 0.310. The van der Waals surface area contributed by atoms with E-state index < -0.39 is 35.9 Å². The summed E-state index contributed by atoms with van der Waals surface area (Å²) in [6, 6.07) is 32.7. The number of fused-ring (bicyclic) bond motifs is 1. The van der Waals surface area contributed by atoms with Crippen molar-refractivity contribution in [2.45, 2.75) is 70.3 Å². The van der Waals surface area contributed by atoms with Crippen LogP contribution in [0.4, 0.5) is 0 Å². The number of aliphatic hydroxyl groups excluding tert-OH is 1.